The van der Waals surface area contributed by atoms with Crippen LogP contribution in [0.3, 0.4) is 0 Å². The van der Waals surface area contributed by atoms with Crippen LogP contribution >= 0.6 is 0 Å². The Hall–Kier alpha value is -2.91. The number of aliphatic hydroxyl groups is 1. The van der Waals surface area contributed by atoms with Crippen LogP contribution in [-0.4, -0.2) is 17.6 Å². The van der Waals surface area contributed by atoms with Gasteiger partial charge in [0.1, 0.15) is 0 Å². The molecule has 3 aromatic rings. The minimum atomic E-state index is -0.580. The number of carbonyl (C=O) groups excluding carboxylic acids is 1. The molecule has 26 heavy (non-hydrogen) atoms. The number of aliphatic hydroxyl groups excluding tert-OH is 1. The van der Waals surface area contributed by atoms with Gasteiger partial charge < -0.3 is 10.4 Å². The minimum absolute atomic E-state index is 0.0531. The van der Waals surface area contributed by atoms with Crippen LogP contribution in [0.4, 0.5) is 0 Å². The molecule has 0 aliphatic carbocycles. The van der Waals surface area contributed by atoms with Gasteiger partial charge in [0.05, 0.1) is 12.0 Å². The highest BCUT2D eigenvalue weighted by Crippen LogP contribution is 2.25. The standard InChI is InChI=1S/C23H23NO2/c25-21(18-10-4-1-5-11-18)16-17-24-23(26)22(19-12-6-2-7-13-19)20-14-8-3-9-15-20/h1-15,21-22,25H,16-17H2,(H,24,26)/t21-/m0/s1. The predicted molar refractivity (Wildman–Crippen MR) is 104 cm³/mol. The van der Waals surface area contributed by atoms with Gasteiger partial charge in [0.15, 0.2) is 0 Å². The molecular weight excluding hydrogens is 322 g/mol. The van der Waals surface area contributed by atoms with Crippen LogP contribution in [-0.2, 0) is 4.79 Å². The van der Waals surface area contributed by atoms with Gasteiger partial charge in [0, 0.05) is 6.54 Å². The number of hydrogen-bond acceptors (Lipinski definition) is 2. The van der Waals surface area contributed by atoms with E-state index in [9.17, 15) is 9.90 Å². The summed E-state index contributed by atoms with van der Waals surface area (Å²) in [6.45, 7) is 0.422. The quantitative estimate of drug-likeness (QED) is 0.678. The van der Waals surface area contributed by atoms with Crippen molar-refractivity contribution < 1.29 is 9.90 Å². The van der Waals surface area contributed by atoms with Crippen molar-refractivity contribution in [3.8, 4) is 0 Å². The smallest absolute Gasteiger partial charge is 0.232 e. The lowest BCUT2D eigenvalue weighted by Gasteiger charge is -2.19. The van der Waals surface area contributed by atoms with E-state index >= 15 is 0 Å². The molecule has 3 rings (SSSR count). The molecule has 1 amide bonds. The molecule has 3 nitrogen and oxygen atoms in total. The van der Waals surface area contributed by atoms with Gasteiger partial charge in [0.25, 0.3) is 0 Å². The fourth-order valence-corrected chi connectivity index (χ4v) is 3.06. The Bertz CT molecular complexity index is 764. The SMILES string of the molecule is O=C(NCC[C@H](O)c1ccccc1)C(c1ccccc1)c1ccccc1. The molecular formula is C23H23NO2. The van der Waals surface area contributed by atoms with Gasteiger partial charge in [-0.25, -0.2) is 0 Å². The van der Waals surface area contributed by atoms with Crippen molar-refractivity contribution in [1.29, 1.82) is 0 Å². The lowest BCUT2D eigenvalue weighted by atomic mass is 9.90. The number of hydrogen-bond donors (Lipinski definition) is 2. The number of carbonyl (C=O) groups is 1. The molecule has 0 fully saturated rings. The third kappa shape index (κ3) is 4.58. The fraction of sp³-hybridized carbons (Fsp3) is 0.174. The van der Waals surface area contributed by atoms with Crippen LogP contribution in [0.2, 0.25) is 0 Å². The summed E-state index contributed by atoms with van der Waals surface area (Å²) >= 11 is 0. The van der Waals surface area contributed by atoms with Crippen LogP contribution in [0, 0.1) is 0 Å². The molecule has 132 valence electrons. The zero-order valence-corrected chi connectivity index (χ0v) is 14.6. The summed E-state index contributed by atoms with van der Waals surface area (Å²) in [6, 6.07) is 29.0. The van der Waals surface area contributed by atoms with Crippen molar-refractivity contribution in [2.24, 2.45) is 0 Å². The summed E-state index contributed by atoms with van der Waals surface area (Å²) in [7, 11) is 0. The van der Waals surface area contributed by atoms with Gasteiger partial charge in [-0.2, -0.15) is 0 Å². The first-order chi connectivity index (χ1) is 12.8. The van der Waals surface area contributed by atoms with E-state index in [1.807, 2.05) is 91.0 Å². The lowest BCUT2D eigenvalue weighted by molar-refractivity contribution is -0.121. The van der Waals surface area contributed by atoms with E-state index in [-0.39, 0.29) is 11.8 Å². The van der Waals surface area contributed by atoms with Gasteiger partial charge in [-0.1, -0.05) is 91.0 Å². The maximum absolute atomic E-state index is 12.9. The molecule has 0 unspecified atom stereocenters. The summed E-state index contributed by atoms with van der Waals surface area (Å²) < 4.78 is 0. The van der Waals surface area contributed by atoms with Crippen LogP contribution in [0.5, 0.6) is 0 Å². The van der Waals surface area contributed by atoms with E-state index in [1.54, 1.807) is 0 Å². The number of amides is 1. The van der Waals surface area contributed by atoms with Crippen LogP contribution < -0.4 is 5.32 Å². The molecule has 1 atom stereocenters. The van der Waals surface area contributed by atoms with Crippen molar-refractivity contribution in [1.82, 2.24) is 5.32 Å². The first kappa shape index (κ1) is 17.9. The van der Waals surface area contributed by atoms with Gasteiger partial charge in [-0.05, 0) is 23.1 Å². The highest BCUT2D eigenvalue weighted by atomic mass is 16.3. The molecule has 3 aromatic carbocycles. The topological polar surface area (TPSA) is 49.3 Å². The van der Waals surface area contributed by atoms with Crippen LogP contribution in [0.1, 0.15) is 35.1 Å². The zero-order valence-electron chi connectivity index (χ0n) is 14.6. The Balaban J connectivity index is 1.67. The first-order valence-electron chi connectivity index (χ1n) is 8.86. The molecule has 0 saturated heterocycles. The number of rotatable bonds is 7. The van der Waals surface area contributed by atoms with Crippen molar-refractivity contribution in [2.75, 3.05) is 6.54 Å². The Labute approximate surface area is 154 Å². The van der Waals surface area contributed by atoms with Crippen molar-refractivity contribution in [3.05, 3.63) is 108 Å². The first-order valence-corrected chi connectivity index (χ1v) is 8.86. The van der Waals surface area contributed by atoms with E-state index in [0.717, 1.165) is 16.7 Å². The van der Waals surface area contributed by atoms with E-state index in [0.29, 0.717) is 13.0 Å². The Morgan fingerprint density at radius 2 is 1.15 bits per heavy atom. The average Bonchev–Trinajstić information content (AvgIpc) is 2.70. The van der Waals surface area contributed by atoms with Gasteiger partial charge in [0.2, 0.25) is 5.91 Å². The summed E-state index contributed by atoms with van der Waals surface area (Å²) in [5, 5.41) is 13.2. The summed E-state index contributed by atoms with van der Waals surface area (Å²) in [5.74, 6) is -0.408. The zero-order chi connectivity index (χ0) is 18.2. The van der Waals surface area contributed by atoms with E-state index in [2.05, 4.69) is 5.32 Å². The Morgan fingerprint density at radius 3 is 1.62 bits per heavy atom. The highest BCUT2D eigenvalue weighted by Gasteiger charge is 2.22. The number of nitrogens with one attached hydrogen (secondary N) is 1. The summed E-state index contributed by atoms with van der Waals surface area (Å²) in [6.07, 6.45) is -0.102. The Morgan fingerprint density at radius 1 is 0.731 bits per heavy atom. The second-order valence-electron chi connectivity index (χ2n) is 6.26. The second kappa shape index (κ2) is 8.97. The predicted octanol–water partition coefficient (Wildman–Crippen LogP) is 4.06. The molecule has 3 heteroatoms. The molecule has 0 spiro atoms. The fourth-order valence-electron chi connectivity index (χ4n) is 3.06. The third-order valence-electron chi connectivity index (χ3n) is 4.43. The van der Waals surface area contributed by atoms with E-state index in [1.165, 1.54) is 0 Å². The summed E-state index contributed by atoms with van der Waals surface area (Å²) in [4.78, 5) is 12.9. The highest BCUT2D eigenvalue weighted by molar-refractivity contribution is 5.87. The third-order valence-corrected chi connectivity index (χ3v) is 4.43. The molecule has 2 N–H and O–H groups in total. The normalized spacial score (nSPS) is 11.9. The van der Waals surface area contributed by atoms with Gasteiger partial charge >= 0.3 is 0 Å². The molecule has 0 bridgehead atoms. The largest absolute Gasteiger partial charge is 0.388 e. The summed E-state index contributed by atoms with van der Waals surface area (Å²) in [5.41, 5.74) is 2.78. The monoisotopic (exact) mass is 345 g/mol. The average molecular weight is 345 g/mol. The number of benzene rings is 3. The second-order valence-corrected chi connectivity index (χ2v) is 6.26. The van der Waals surface area contributed by atoms with E-state index < -0.39 is 6.10 Å². The van der Waals surface area contributed by atoms with Crippen molar-refractivity contribution in [2.45, 2.75) is 18.4 Å². The van der Waals surface area contributed by atoms with Gasteiger partial charge in [-0.3, -0.25) is 4.79 Å². The van der Waals surface area contributed by atoms with Gasteiger partial charge in [-0.15, -0.1) is 0 Å². The molecule has 0 heterocycles. The minimum Gasteiger partial charge on any atom is -0.388 e. The Kier molecular flexibility index (Phi) is 6.18. The molecule has 0 saturated carbocycles. The molecule has 0 aromatic heterocycles. The lowest BCUT2D eigenvalue weighted by Crippen LogP contribution is -2.31. The maximum Gasteiger partial charge on any atom is 0.232 e. The molecule has 0 aliphatic rings. The van der Waals surface area contributed by atoms with Crippen molar-refractivity contribution >= 4 is 5.91 Å². The molecule has 0 radical (unpaired) electrons. The van der Waals surface area contributed by atoms with Crippen LogP contribution in [0.15, 0.2) is 91.0 Å². The maximum atomic E-state index is 12.9. The van der Waals surface area contributed by atoms with Crippen LogP contribution in [0.25, 0.3) is 0 Å². The van der Waals surface area contributed by atoms with Crippen molar-refractivity contribution in [3.63, 3.8) is 0 Å². The molecule has 0 aliphatic heterocycles. The van der Waals surface area contributed by atoms with E-state index in [4.69, 9.17) is 0 Å².